The van der Waals surface area contributed by atoms with Gasteiger partial charge in [0, 0.05) is 0 Å². The number of rotatable bonds is 0. The van der Waals surface area contributed by atoms with Crippen molar-refractivity contribution in [3.8, 4) is 0 Å². The van der Waals surface area contributed by atoms with Gasteiger partial charge < -0.3 is 1.43 Å². The van der Waals surface area contributed by atoms with E-state index in [4.69, 9.17) is 0 Å². The number of hydrogen-bond acceptors (Lipinski definition) is 2. The first kappa shape index (κ1) is 9.08. The van der Waals surface area contributed by atoms with Gasteiger partial charge in [-0.05, 0) is 25.5 Å². The number of allylic oxidation sites excluding steroid dienone is 3. The Morgan fingerprint density at radius 1 is 1.44 bits per heavy atom. The van der Waals surface area contributed by atoms with Crippen molar-refractivity contribution < 1.29 is 40.8 Å². The fraction of sp³-hybridized carbons (Fsp3) is 0.333. The molecule has 0 aromatic carbocycles. The first-order valence-corrected chi connectivity index (χ1v) is 2.48. The van der Waals surface area contributed by atoms with Crippen molar-refractivity contribution in [1.82, 2.24) is 0 Å². The van der Waals surface area contributed by atoms with E-state index in [9.17, 15) is 0 Å². The van der Waals surface area contributed by atoms with Gasteiger partial charge in [0.25, 0.3) is 0 Å². The van der Waals surface area contributed by atoms with Crippen molar-refractivity contribution in [3.63, 3.8) is 0 Å². The van der Waals surface area contributed by atoms with Crippen molar-refractivity contribution in [3.05, 3.63) is 23.7 Å². The minimum absolute atomic E-state index is 0. The fourth-order valence-corrected chi connectivity index (χ4v) is 0.413. The van der Waals surface area contributed by atoms with E-state index in [0.717, 1.165) is 11.3 Å². The molecule has 0 amide bonds. The summed E-state index contributed by atoms with van der Waals surface area (Å²) in [5.41, 5.74) is 1.11. The van der Waals surface area contributed by atoms with Gasteiger partial charge in [0.05, 0.1) is 0 Å². The quantitative estimate of drug-likeness (QED) is 0.310. The van der Waals surface area contributed by atoms with Crippen molar-refractivity contribution in [2.45, 2.75) is 13.8 Å². The molecule has 1 aliphatic rings. The first-order chi connectivity index (χ1) is 3.80. The third-order valence-electron chi connectivity index (χ3n) is 1.10. The maximum atomic E-state index is 4.68. The van der Waals surface area contributed by atoms with Crippen molar-refractivity contribution in [2.75, 3.05) is 0 Å². The standard InChI is InChI=1S/C6H8O2.Na.H/c1-5-3-4-7-8-6(5)2;;/h3-4H,1-2H3;;/q;+1;-1. The van der Waals surface area contributed by atoms with Crippen LogP contribution in [0.3, 0.4) is 0 Å². The Bertz CT molecular complexity index is 154. The van der Waals surface area contributed by atoms with E-state index >= 15 is 0 Å². The van der Waals surface area contributed by atoms with Crippen LogP contribution in [0.4, 0.5) is 0 Å². The minimum Gasteiger partial charge on any atom is -1.00 e. The van der Waals surface area contributed by atoms with Crippen LogP contribution in [0.5, 0.6) is 0 Å². The molecule has 0 unspecified atom stereocenters. The average molecular weight is 136 g/mol. The van der Waals surface area contributed by atoms with Crippen LogP contribution in [0.2, 0.25) is 0 Å². The summed E-state index contributed by atoms with van der Waals surface area (Å²) in [7, 11) is 0. The molecule has 0 spiro atoms. The molecule has 0 atom stereocenters. The summed E-state index contributed by atoms with van der Waals surface area (Å²) in [6, 6.07) is 0. The maximum Gasteiger partial charge on any atom is 1.00 e. The molecule has 0 radical (unpaired) electrons. The molecular weight excluding hydrogens is 127 g/mol. The maximum absolute atomic E-state index is 4.68. The van der Waals surface area contributed by atoms with Gasteiger partial charge in [-0.3, -0.25) is 9.78 Å². The van der Waals surface area contributed by atoms with Gasteiger partial charge in [-0.2, -0.15) is 0 Å². The topological polar surface area (TPSA) is 18.5 Å². The summed E-state index contributed by atoms with van der Waals surface area (Å²) in [4.78, 5) is 9.20. The van der Waals surface area contributed by atoms with E-state index in [2.05, 4.69) is 9.78 Å². The predicted molar refractivity (Wildman–Crippen MR) is 30.8 cm³/mol. The normalized spacial score (nSPS) is 15.8. The van der Waals surface area contributed by atoms with E-state index < -0.39 is 0 Å². The molecule has 1 aliphatic heterocycles. The van der Waals surface area contributed by atoms with Crippen LogP contribution >= 0.6 is 0 Å². The van der Waals surface area contributed by atoms with Gasteiger partial charge in [-0.15, -0.1) is 0 Å². The summed E-state index contributed by atoms with van der Waals surface area (Å²) in [5.74, 6) is 0.826. The molecule has 46 valence electrons. The second kappa shape index (κ2) is 3.99. The van der Waals surface area contributed by atoms with Crippen molar-refractivity contribution in [2.24, 2.45) is 0 Å². The molecule has 1 rings (SSSR count). The van der Waals surface area contributed by atoms with E-state index in [-0.39, 0.29) is 31.0 Å². The molecular formula is C6H9NaO2. The third kappa shape index (κ3) is 2.43. The van der Waals surface area contributed by atoms with Gasteiger partial charge in [0.1, 0.15) is 6.26 Å². The zero-order chi connectivity index (χ0) is 5.98. The summed E-state index contributed by atoms with van der Waals surface area (Å²) in [6.07, 6.45) is 3.38. The predicted octanol–water partition coefficient (Wildman–Crippen LogP) is -1.13. The SMILES string of the molecule is CC1=C(C)OOC=C1.[H-].[Na+]. The summed E-state index contributed by atoms with van der Waals surface area (Å²) in [6.45, 7) is 3.83. The van der Waals surface area contributed by atoms with Crippen LogP contribution in [0.25, 0.3) is 0 Å². The Morgan fingerprint density at radius 3 is 2.44 bits per heavy atom. The van der Waals surface area contributed by atoms with Gasteiger partial charge >= 0.3 is 29.6 Å². The van der Waals surface area contributed by atoms with Crippen LogP contribution in [0, 0.1) is 0 Å². The molecule has 0 saturated carbocycles. The van der Waals surface area contributed by atoms with Crippen LogP contribution in [0.1, 0.15) is 15.3 Å². The molecule has 2 nitrogen and oxygen atoms in total. The van der Waals surface area contributed by atoms with Crippen LogP contribution < -0.4 is 29.6 Å². The molecule has 0 N–H and O–H groups in total. The Kier molecular flexibility index (Phi) is 4.02. The molecule has 1 heterocycles. The van der Waals surface area contributed by atoms with Gasteiger partial charge in [0.2, 0.25) is 0 Å². The Morgan fingerprint density at radius 2 is 2.11 bits per heavy atom. The summed E-state index contributed by atoms with van der Waals surface area (Å²) in [5, 5.41) is 0. The molecule has 0 bridgehead atoms. The zero-order valence-corrected chi connectivity index (χ0v) is 7.97. The largest absolute Gasteiger partial charge is 1.00 e. The Balaban J connectivity index is 0. The molecule has 9 heavy (non-hydrogen) atoms. The first-order valence-electron chi connectivity index (χ1n) is 2.48. The molecule has 0 fully saturated rings. The van der Waals surface area contributed by atoms with E-state index in [1.165, 1.54) is 6.26 Å². The molecule has 0 aromatic rings. The fourth-order valence-electron chi connectivity index (χ4n) is 0.413. The Hall–Kier alpha value is 0.0800. The van der Waals surface area contributed by atoms with E-state index in [1.54, 1.807) is 0 Å². The van der Waals surface area contributed by atoms with Gasteiger partial charge in [0.15, 0.2) is 5.76 Å². The monoisotopic (exact) mass is 136 g/mol. The smallest absolute Gasteiger partial charge is 1.00 e. The second-order valence-corrected chi connectivity index (χ2v) is 1.72. The van der Waals surface area contributed by atoms with E-state index in [0.29, 0.717) is 0 Å². The summed E-state index contributed by atoms with van der Waals surface area (Å²) >= 11 is 0. The number of hydrogen-bond donors (Lipinski definition) is 0. The Labute approximate surface area is 78.2 Å². The third-order valence-corrected chi connectivity index (χ3v) is 1.10. The van der Waals surface area contributed by atoms with Crippen molar-refractivity contribution >= 4 is 0 Å². The van der Waals surface area contributed by atoms with Crippen LogP contribution in [-0.2, 0) is 9.78 Å². The van der Waals surface area contributed by atoms with Gasteiger partial charge in [-0.1, -0.05) is 0 Å². The molecule has 0 saturated heterocycles. The average Bonchev–Trinajstić information content (AvgIpc) is 1.77. The van der Waals surface area contributed by atoms with E-state index in [1.807, 2.05) is 19.9 Å². The minimum atomic E-state index is 0. The molecule has 0 aromatic heterocycles. The zero-order valence-electron chi connectivity index (χ0n) is 6.97. The van der Waals surface area contributed by atoms with Crippen LogP contribution in [0.15, 0.2) is 23.7 Å². The second-order valence-electron chi connectivity index (χ2n) is 1.72. The van der Waals surface area contributed by atoms with Crippen LogP contribution in [-0.4, -0.2) is 0 Å². The molecule has 0 aliphatic carbocycles. The summed E-state index contributed by atoms with van der Waals surface area (Å²) < 4.78 is 0. The molecule has 3 heteroatoms. The van der Waals surface area contributed by atoms with Gasteiger partial charge in [-0.25, -0.2) is 0 Å². The van der Waals surface area contributed by atoms with Crippen molar-refractivity contribution in [1.29, 1.82) is 0 Å².